The summed E-state index contributed by atoms with van der Waals surface area (Å²) in [6.07, 6.45) is 3.46. The van der Waals surface area contributed by atoms with Crippen LogP contribution in [-0.2, 0) is 32.5 Å². The second-order valence-electron chi connectivity index (χ2n) is 24.1. The normalized spacial score (nSPS) is 23.5. The van der Waals surface area contributed by atoms with E-state index in [0.717, 1.165) is 12.8 Å². The molecule has 61 heavy (non-hydrogen) atoms. The SMILES string of the molecule is CC1c2ccc(-c3ccccc3)cc2B2c3cc4c5cc3N(c3ccc(C(C)(C)C)cc3-c3ccc6c(c3)C(C)(C)CC6(C)CC5(C)CC4(C)C)c3cc(C(C)(C)C)cc1c32. The molecule has 0 saturated carbocycles. The Labute approximate surface area is 367 Å². The molecule has 0 saturated heterocycles. The van der Waals surface area contributed by atoms with Crippen LogP contribution in [0.2, 0.25) is 0 Å². The summed E-state index contributed by atoms with van der Waals surface area (Å²) in [5.41, 5.74) is 25.8. The fraction of sp³-hybridized carbons (Fsp3) is 0.390. The van der Waals surface area contributed by atoms with Gasteiger partial charge < -0.3 is 4.90 Å². The summed E-state index contributed by atoms with van der Waals surface area (Å²) in [4.78, 5) is 2.76. The van der Waals surface area contributed by atoms with Crippen molar-refractivity contribution < 1.29 is 0 Å². The standard InChI is InChI=1S/C59H64BN/c1-35-41-22-19-37(36-17-15-14-16-18-36)26-48(41)60-49-30-46-47-31-51(49)61(52-29-40(55(5,6)7)28-42(35)53(52)60)50-24-21-39(54(2,3)4)27-43(50)38-20-23-44-45(25-38)56(8,9)32-58(44,12)34-59(47,13)33-57(46,10)11/h14-31,35H,32-34H2,1-13H3. The van der Waals surface area contributed by atoms with Crippen LogP contribution in [-0.4, -0.2) is 6.71 Å². The van der Waals surface area contributed by atoms with Gasteiger partial charge in [0, 0.05) is 22.9 Å². The third-order valence-corrected chi connectivity index (χ3v) is 16.4. The molecule has 6 aromatic carbocycles. The van der Waals surface area contributed by atoms with Crippen molar-refractivity contribution >= 4 is 40.2 Å². The van der Waals surface area contributed by atoms with Crippen molar-refractivity contribution in [2.45, 2.75) is 148 Å². The predicted octanol–water partition coefficient (Wildman–Crippen LogP) is 13.7. The molecule has 4 heterocycles. The van der Waals surface area contributed by atoms with Crippen molar-refractivity contribution in [3.05, 3.63) is 154 Å². The van der Waals surface area contributed by atoms with Crippen molar-refractivity contribution in [2.24, 2.45) is 0 Å². The van der Waals surface area contributed by atoms with E-state index in [-0.39, 0.29) is 45.1 Å². The summed E-state index contributed by atoms with van der Waals surface area (Å²) in [6, 6.07) is 44.2. The first-order valence-corrected chi connectivity index (χ1v) is 23.2. The smallest absolute Gasteiger partial charge is 0.247 e. The van der Waals surface area contributed by atoms with Crippen LogP contribution in [0.1, 0.15) is 160 Å². The zero-order valence-corrected chi connectivity index (χ0v) is 39.1. The van der Waals surface area contributed by atoms with Gasteiger partial charge in [0.2, 0.25) is 6.71 Å². The van der Waals surface area contributed by atoms with E-state index in [1.54, 1.807) is 16.7 Å². The molecule has 0 amide bonds. The van der Waals surface area contributed by atoms with Crippen molar-refractivity contribution in [3.63, 3.8) is 0 Å². The molecule has 4 aliphatic heterocycles. The number of nitrogens with zero attached hydrogens (tertiary/aromatic N) is 1. The largest absolute Gasteiger partial charge is 0.311 e. The van der Waals surface area contributed by atoms with Crippen molar-refractivity contribution in [1.29, 1.82) is 0 Å². The van der Waals surface area contributed by atoms with E-state index in [9.17, 15) is 0 Å². The van der Waals surface area contributed by atoms with Crippen molar-refractivity contribution in [1.82, 2.24) is 0 Å². The van der Waals surface area contributed by atoms with E-state index in [4.69, 9.17) is 0 Å². The molecular weight excluding hydrogens is 733 g/mol. The quantitative estimate of drug-likeness (QED) is 0.150. The minimum atomic E-state index is -0.0277. The highest BCUT2D eigenvalue weighted by Crippen LogP contribution is 2.61. The Balaban J connectivity index is 1.30. The Bertz CT molecular complexity index is 2860. The predicted molar refractivity (Wildman–Crippen MR) is 263 cm³/mol. The van der Waals surface area contributed by atoms with Gasteiger partial charge in [-0.3, -0.25) is 0 Å². The lowest BCUT2D eigenvalue weighted by Gasteiger charge is -2.44. The van der Waals surface area contributed by atoms with Crippen molar-refractivity contribution in [2.75, 3.05) is 4.90 Å². The number of rotatable bonds is 1. The number of benzene rings is 6. The Morgan fingerprint density at radius 3 is 1.84 bits per heavy atom. The van der Waals surface area contributed by atoms with Crippen LogP contribution in [0.4, 0.5) is 17.1 Å². The van der Waals surface area contributed by atoms with Crippen LogP contribution in [0.15, 0.2) is 109 Å². The fourth-order valence-corrected chi connectivity index (χ4v) is 13.8. The average molecular weight is 798 g/mol. The summed E-state index contributed by atoms with van der Waals surface area (Å²) in [6.45, 7) is 32.2. The van der Waals surface area contributed by atoms with E-state index < -0.39 is 0 Å². The lowest BCUT2D eigenvalue weighted by atomic mass is 9.31. The minimum absolute atomic E-state index is 0.00477. The molecule has 12 rings (SSSR count). The number of hydrogen-bond acceptors (Lipinski definition) is 1. The van der Waals surface area contributed by atoms with Crippen molar-refractivity contribution in [3.8, 4) is 22.3 Å². The molecule has 2 heteroatoms. The first-order valence-electron chi connectivity index (χ1n) is 23.2. The highest BCUT2D eigenvalue weighted by molar-refractivity contribution is 6.99. The summed E-state index contributed by atoms with van der Waals surface area (Å²) >= 11 is 0. The van der Waals surface area contributed by atoms with Crippen LogP contribution in [0.3, 0.4) is 0 Å². The molecule has 0 radical (unpaired) electrons. The molecule has 0 fully saturated rings. The Morgan fingerprint density at radius 2 is 1.15 bits per heavy atom. The number of fused-ring (bicyclic) bond motifs is 4. The lowest BCUT2D eigenvalue weighted by molar-refractivity contribution is 0.254. The first kappa shape index (κ1) is 39.1. The maximum atomic E-state index is 2.76. The zero-order chi connectivity index (χ0) is 43.0. The van der Waals surface area contributed by atoms with Gasteiger partial charge in [0.15, 0.2) is 0 Å². The molecule has 6 aliphatic rings. The van der Waals surface area contributed by atoms with Gasteiger partial charge in [-0.2, -0.15) is 0 Å². The maximum Gasteiger partial charge on any atom is 0.247 e. The Morgan fingerprint density at radius 1 is 0.492 bits per heavy atom. The Hall–Kier alpha value is -4.82. The average Bonchev–Trinajstić information content (AvgIpc) is 3.52. The van der Waals surface area contributed by atoms with Gasteiger partial charge in [0.1, 0.15) is 0 Å². The molecule has 3 atom stereocenters. The summed E-state index contributed by atoms with van der Waals surface area (Å²) in [5.74, 6) is 0.259. The molecule has 0 aromatic heterocycles. The molecule has 6 bridgehead atoms. The minimum Gasteiger partial charge on any atom is -0.311 e. The number of hydrogen-bond donors (Lipinski definition) is 0. The monoisotopic (exact) mass is 798 g/mol. The Kier molecular flexibility index (Phi) is 7.82. The van der Waals surface area contributed by atoms with Gasteiger partial charge in [-0.1, -0.05) is 180 Å². The topological polar surface area (TPSA) is 3.24 Å². The molecular formula is C59H64BN. The highest BCUT2D eigenvalue weighted by atomic mass is 15.2. The summed E-state index contributed by atoms with van der Waals surface area (Å²) < 4.78 is 0. The van der Waals surface area contributed by atoms with Crippen LogP contribution in [0.5, 0.6) is 0 Å². The molecule has 0 N–H and O–H groups in total. The second kappa shape index (κ2) is 12.2. The molecule has 2 aliphatic carbocycles. The highest BCUT2D eigenvalue weighted by Gasteiger charge is 2.54. The zero-order valence-electron chi connectivity index (χ0n) is 39.1. The van der Waals surface area contributed by atoms with E-state index in [1.165, 1.54) is 89.9 Å². The van der Waals surface area contributed by atoms with E-state index >= 15 is 0 Å². The molecule has 3 unspecified atom stereocenters. The van der Waals surface area contributed by atoms with E-state index in [1.807, 2.05) is 0 Å². The third-order valence-electron chi connectivity index (χ3n) is 16.4. The van der Waals surface area contributed by atoms with Crippen LogP contribution in [0, 0.1) is 0 Å². The molecule has 1 nitrogen and oxygen atoms in total. The van der Waals surface area contributed by atoms with E-state index in [2.05, 4.69) is 204 Å². The van der Waals surface area contributed by atoms with Crippen LogP contribution in [0.25, 0.3) is 22.3 Å². The second-order valence-corrected chi connectivity index (χ2v) is 24.1. The summed E-state index contributed by atoms with van der Waals surface area (Å²) in [7, 11) is 0. The third kappa shape index (κ3) is 5.52. The first-order chi connectivity index (χ1) is 28.6. The molecule has 6 aromatic rings. The van der Waals surface area contributed by atoms with Gasteiger partial charge >= 0.3 is 0 Å². The maximum absolute atomic E-state index is 2.76. The van der Waals surface area contributed by atoms with E-state index in [0.29, 0.717) is 0 Å². The van der Waals surface area contributed by atoms with Gasteiger partial charge in [-0.05, 0) is 148 Å². The molecule has 0 spiro atoms. The molecule has 308 valence electrons. The number of anilines is 3. The van der Waals surface area contributed by atoms with Gasteiger partial charge in [0.25, 0.3) is 0 Å². The fourth-order valence-electron chi connectivity index (χ4n) is 13.8. The van der Waals surface area contributed by atoms with Crippen LogP contribution >= 0.6 is 0 Å². The summed E-state index contributed by atoms with van der Waals surface area (Å²) in [5, 5.41) is 0. The lowest BCUT2D eigenvalue weighted by Crippen LogP contribution is -2.62. The van der Waals surface area contributed by atoms with Crippen LogP contribution < -0.4 is 21.3 Å². The van der Waals surface area contributed by atoms with Gasteiger partial charge in [-0.25, -0.2) is 0 Å². The van der Waals surface area contributed by atoms with Gasteiger partial charge in [-0.15, -0.1) is 0 Å². The van der Waals surface area contributed by atoms with Gasteiger partial charge in [0.05, 0.1) is 5.69 Å².